The van der Waals surface area contributed by atoms with Crippen LogP contribution in [0.4, 0.5) is 39.5 Å². The summed E-state index contributed by atoms with van der Waals surface area (Å²) in [5.41, 5.74) is -2.35. The zero-order valence-corrected chi connectivity index (χ0v) is 18.1. The van der Waals surface area contributed by atoms with E-state index in [2.05, 4.69) is 15.0 Å². The van der Waals surface area contributed by atoms with Crippen molar-refractivity contribution in [1.82, 2.24) is 15.0 Å². The second-order valence-electron chi connectivity index (χ2n) is 5.74. The SMILES string of the molecule is Cc1cccnc1C(F)(F)F.FC(F)(F)c1cc(I)ccn1.FC(F)(F)c1ccccn1. The molecule has 0 aromatic carbocycles. The lowest BCUT2D eigenvalue weighted by Crippen LogP contribution is -2.09. The van der Waals surface area contributed by atoms with Crippen molar-refractivity contribution in [1.29, 1.82) is 0 Å². The van der Waals surface area contributed by atoms with Crippen molar-refractivity contribution in [3.8, 4) is 0 Å². The van der Waals surface area contributed by atoms with Gasteiger partial charge in [0.2, 0.25) is 0 Å². The molecule has 13 heteroatoms. The summed E-state index contributed by atoms with van der Waals surface area (Å²) in [5.74, 6) is 0. The van der Waals surface area contributed by atoms with Gasteiger partial charge in [-0.25, -0.2) is 0 Å². The molecule has 3 aromatic rings. The van der Waals surface area contributed by atoms with Crippen molar-refractivity contribution in [3.05, 3.63) is 87.3 Å². The van der Waals surface area contributed by atoms with Gasteiger partial charge in [0.25, 0.3) is 0 Å². The van der Waals surface area contributed by atoms with Crippen LogP contribution in [-0.2, 0) is 18.5 Å². The van der Waals surface area contributed by atoms with Crippen LogP contribution < -0.4 is 0 Å². The van der Waals surface area contributed by atoms with E-state index in [4.69, 9.17) is 0 Å². The monoisotopic (exact) mass is 581 g/mol. The summed E-state index contributed by atoms with van der Waals surface area (Å²) in [5, 5.41) is 0. The van der Waals surface area contributed by atoms with Crippen LogP contribution in [0.25, 0.3) is 0 Å². The average molecular weight is 581 g/mol. The Bertz CT molecular complexity index is 972. The van der Waals surface area contributed by atoms with E-state index in [9.17, 15) is 39.5 Å². The van der Waals surface area contributed by atoms with Crippen LogP contribution in [0.3, 0.4) is 0 Å². The van der Waals surface area contributed by atoms with E-state index < -0.39 is 35.6 Å². The van der Waals surface area contributed by atoms with Crippen LogP contribution in [0.15, 0.2) is 61.1 Å². The first-order valence-electron chi connectivity index (χ1n) is 8.28. The molecule has 3 aromatic heterocycles. The maximum absolute atomic E-state index is 12.0. The third kappa shape index (κ3) is 9.78. The van der Waals surface area contributed by atoms with Crippen molar-refractivity contribution in [3.63, 3.8) is 0 Å². The van der Waals surface area contributed by atoms with Gasteiger partial charge in [-0.2, -0.15) is 39.5 Å². The molecule has 0 fully saturated rings. The number of nitrogens with zero attached hydrogens (tertiary/aromatic N) is 3. The smallest absolute Gasteiger partial charge is 0.252 e. The molecule has 0 aliphatic rings. The van der Waals surface area contributed by atoms with Crippen LogP contribution >= 0.6 is 22.6 Å². The third-order valence-corrected chi connectivity index (χ3v) is 3.92. The van der Waals surface area contributed by atoms with Crippen molar-refractivity contribution in [2.45, 2.75) is 25.5 Å². The van der Waals surface area contributed by atoms with Gasteiger partial charge in [-0.15, -0.1) is 0 Å². The third-order valence-electron chi connectivity index (χ3n) is 3.25. The minimum Gasteiger partial charge on any atom is -0.252 e. The minimum absolute atomic E-state index is 0.153. The lowest BCUT2D eigenvalue weighted by molar-refractivity contribution is -0.142. The second-order valence-corrected chi connectivity index (χ2v) is 6.98. The van der Waals surface area contributed by atoms with Gasteiger partial charge in [0.1, 0.15) is 17.1 Å². The van der Waals surface area contributed by atoms with Crippen LogP contribution in [0.5, 0.6) is 0 Å². The van der Waals surface area contributed by atoms with Crippen molar-refractivity contribution in [2.24, 2.45) is 0 Å². The number of pyridine rings is 3. The lowest BCUT2D eigenvalue weighted by Gasteiger charge is -2.06. The molecule has 0 atom stereocenters. The number of hydrogen-bond donors (Lipinski definition) is 0. The summed E-state index contributed by atoms with van der Waals surface area (Å²) in [4.78, 5) is 9.53. The molecule has 0 aliphatic carbocycles. The quantitative estimate of drug-likeness (QED) is 0.208. The van der Waals surface area contributed by atoms with Crippen LogP contribution in [0, 0.1) is 10.5 Å². The number of aryl methyl sites for hydroxylation is 1. The van der Waals surface area contributed by atoms with Gasteiger partial charge in [0.15, 0.2) is 0 Å². The Labute approximate surface area is 189 Å². The molecule has 174 valence electrons. The van der Waals surface area contributed by atoms with Crippen LogP contribution in [0.1, 0.15) is 22.6 Å². The first kappa shape index (κ1) is 27.6. The highest BCUT2D eigenvalue weighted by Gasteiger charge is 2.34. The van der Waals surface area contributed by atoms with Gasteiger partial charge >= 0.3 is 18.5 Å². The van der Waals surface area contributed by atoms with Crippen molar-refractivity contribution < 1.29 is 39.5 Å². The molecule has 0 unspecified atom stereocenters. The van der Waals surface area contributed by atoms with Crippen LogP contribution in [-0.4, -0.2) is 15.0 Å². The highest BCUT2D eigenvalue weighted by atomic mass is 127. The number of rotatable bonds is 0. The molecule has 3 heterocycles. The molecule has 0 N–H and O–H groups in total. The minimum atomic E-state index is -4.33. The summed E-state index contributed by atoms with van der Waals surface area (Å²) in [7, 11) is 0. The molecule has 3 rings (SSSR count). The van der Waals surface area contributed by atoms with Crippen molar-refractivity contribution >= 4 is 22.6 Å². The maximum atomic E-state index is 12.0. The van der Waals surface area contributed by atoms with Gasteiger partial charge in [-0.05, 0) is 65.4 Å². The predicted molar refractivity (Wildman–Crippen MR) is 105 cm³/mol. The fourth-order valence-corrected chi connectivity index (χ4v) is 2.33. The Morgan fingerprint density at radius 3 is 1.53 bits per heavy atom. The highest BCUT2D eigenvalue weighted by molar-refractivity contribution is 14.1. The number of hydrogen-bond acceptors (Lipinski definition) is 3. The van der Waals surface area contributed by atoms with E-state index in [-0.39, 0.29) is 5.56 Å². The molecule has 0 saturated heterocycles. The van der Waals surface area contributed by atoms with E-state index in [1.165, 1.54) is 37.3 Å². The second kappa shape index (κ2) is 11.4. The Morgan fingerprint density at radius 1 is 0.625 bits per heavy atom. The van der Waals surface area contributed by atoms with Gasteiger partial charge < -0.3 is 0 Å². The molecule has 0 radical (unpaired) electrons. The predicted octanol–water partition coefficient (Wildman–Crippen LogP) is 7.21. The normalized spacial score (nSPS) is 11.6. The molecule has 0 bridgehead atoms. The average Bonchev–Trinajstić information content (AvgIpc) is 2.68. The molecular weight excluding hydrogens is 568 g/mol. The van der Waals surface area contributed by atoms with Gasteiger partial charge in [0, 0.05) is 22.2 Å². The fraction of sp³-hybridized carbons (Fsp3) is 0.211. The summed E-state index contributed by atoms with van der Waals surface area (Å²) in [6.07, 6.45) is -9.59. The molecular formula is C19H13F9IN3. The van der Waals surface area contributed by atoms with Gasteiger partial charge in [-0.3, -0.25) is 15.0 Å². The number of halogens is 10. The summed E-state index contributed by atoms with van der Waals surface area (Å²) >= 11 is 1.81. The van der Waals surface area contributed by atoms with Gasteiger partial charge in [0.05, 0.1) is 0 Å². The summed E-state index contributed by atoms with van der Waals surface area (Å²) in [6, 6.07) is 9.04. The standard InChI is InChI=1S/C7H6F3N.C6H3F3IN.C6H4F3N/c1-5-3-2-4-11-6(5)7(8,9)10;7-6(8,9)5-3-4(10)1-2-11-5;7-6(8,9)5-3-1-2-4-10-5/h2-4H,1H3;1-3H;1-4H. The van der Waals surface area contributed by atoms with Gasteiger partial charge in [-0.1, -0.05) is 12.1 Å². The Morgan fingerprint density at radius 2 is 1.19 bits per heavy atom. The fourth-order valence-electron chi connectivity index (χ4n) is 1.87. The first-order valence-corrected chi connectivity index (χ1v) is 9.36. The molecule has 0 aliphatic heterocycles. The summed E-state index contributed by atoms with van der Waals surface area (Å²) in [6.45, 7) is 1.38. The Balaban J connectivity index is 0.000000240. The van der Waals surface area contributed by atoms with E-state index in [1.807, 2.05) is 0 Å². The Kier molecular flexibility index (Phi) is 9.85. The van der Waals surface area contributed by atoms with E-state index in [1.54, 1.807) is 22.6 Å². The maximum Gasteiger partial charge on any atom is 0.433 e. The molecule has 32 heavy (non-hydrogen) atoms. The zero-order valence-electron chi connectivity index (χ0n) is 15.9. The topological polar surface area (TPSA) is 38.7 Å². The first-order chi connectivity index (χ1) is 14.6. The summed E-state index contributed by atoms with van der Waals surface area (Å²) < 4.78 is 107. The zero-order chi connectivity index (χ0) is 24.6. The molecule has 0 amide bonds. The Hall–Kier alpha value is -2.45. The lowest BCUT2D eigenvalue weighted by atomic mass is 10.2. The largest absolute Gasteiger partial charge is 0.433 e. The number of alkyl halides is 9. The van der Waals surface area contributed by atoms with E-state index in [0.717, 1.165) is 30.7 Å². The highest BCUT2D eigenvalue weighted by Crippen LogP contribution is 2.29. The molecule has 3 nitrogen and oxygen atoms in total. The van der Waals surface area contributed by atoms with E-state index in [0.29, 0.717) is 3.57 Å². The van der Waals surface area contributed by atoms with Crippen molar-refractivity contribution in [2.75, 3.05) is 0 Å². The van der Waals surface area contributed by atoms with Crippen LogP contribution in [0.2, 0.25) is 0 Å². The number of aromatic nitrogens is 3. The molecule has 0 saturated carbocycles. The molecule has 0 spiro atoms. The van der Waals surface area contributed by atoms with E-state index >= 15 is 0 Å².